The zero-order valence-electron chi connectivity index (χ0n) is 29.4. The van der Waals surface area contributed by atoms with Crippen LogP contribution in [0.2, 0.25) is 0 Å². The Bertz CT molecular complexity index is 1800. The molecule has 8 rings (SSSR count). The molecule has 0 bridgehead atoms. The van der Waals surface area contributed by atoms with Gasteiger partial charge >= 0.3 is 24.3 Å². The summed E-state index contributed by atoms with van der Waals surface area (Å²) < 4.78 is 88.2. The Morgan fingerprint density at radius 2 is 1.32 bits per heavy atom. The highest BCUT2D eigenvalue weighted by molar-refractivity contribution is 5.68. The fraction of sp³-hybridized carbons (Fsp3) is 0.714. The molecular formula is C35H42F6N8O4. The SMILES string of the molecule is C[C@H]1CCN1c1nc2c(c(C(F)(F)F)n1)C(C1CN(c3nc4c(c(C(F)(F)F)n3)CCN4[C@@H]3CC[C@@H](CC(=O)O)C3)[C@H]1C)CN2C1CC(CC(=O)O)C1. The molecule has 2 aromatic heterocycles. The number of halogens is 6. The lowest BCUT2D eigenvalue weighted by Gasteiger charge is -2.50. The molecule has 0 amide bonds. The zero-order valence-corrected chi connectivity index (χ0v) is 29.4. The van der Waals surface area contributed by atoms with Crippen LogP contribution in [0.1, 0.15) is 93.6 Å². The molecule has 6 aliphatic rings. The number of aromatic nitrogens is 4. The van der Waals surface area contributed by atoms with Gasteiger partial charge < -0.3 is 29.8 Å². The molecule has 2 aliphatic carbocycles. The molecule has 4 aliphatic heterocycles. The summed E-state index contributed by atoms with van der Waals surface area (Å²) in [5, 5.41) is 18.6. The molecule has 6 atom stereocenters. The minimum atomic E-state index is -4.79. The molecule has 0 spiro atoms. The number of carbonyl (C=O) groups is 2. The van der Waals surface area contributed by atoms with Gasteiger partial charge in [-0.05, 0) is 70.6 Å². The van der Waals surface area contributed by atoms with Gasteiger partial charge in [0.2, 0.25) is 11.9 Å². The smallest absolute Gasteiger partial charge is 0.433 e. The van der Waals surface area contributed by atoms with E-state index < -0.39 is 53.6 Å². The number of hydrogen-bond donors (Lipinski definition) is 2. The summed E-state index contributed by atoms with van der Waals surface area (Å²) in [6.07, 6.45) is -5.84. The zero-order chi connectivity index (χ0) is 37.7. The van der Waals surface area contributed by atoms with E-state index in [1.807, 2.05) is 16.7 Å². The first-order valence-electron chi connectivity index (χ1n) is 18.4. The number of fused-ring (bicyclic) bond motifs is 2. The maximum absolute atomic E-state index is 14.9. The normalized spacial score (nSPS) is 30.9. The lowest BCUT2D eigenvalue weighted by atomic mass is 9.75. The number of hydrogen-bond acceptors (Lipinski definition) is 10. The van der Waals surface area contributed by atoms with Crippen LogP contribution in [0.3, 0.4) is 0 Å². The molecule has 12 nitrogen and oxygen atoms in total. The maximum atomic E-state index is 14.9. The molecule has 288 valence electrons. The van der Waals surface area contributed by atoms with Crippen LogP contribution < -0.4 is 19.6 Å². The van der Waals surface area contributed by atoms with E-state index in [1.54, 1.807) is 16.7 Å². The minimum absolute atomic E-state index is 0.00211. The van der Waals surface area contributed by atoms with Crippen LogP contribution in [0.15, 0.2) is 0 Å². The van der Waals surface area contributed by atoms with Crippen molar-refractivity contribution >= 4 is 35.5 Å². The Labute approximate surface area is 301 Å². The third kappa shape index (κ3) is 6.26. The molecule has 2 N–H and O–H groups in total. The molecule has 4 fully saturated rings. The summed E-state index contributed by atoms with van der Waals surface area (Å²) in [5.41, 5.74) is -2.02. The van der Waals surface area contributed by atoms with E-state index >= 15 is 0 Å². The third-order valence-corrected chi connectivity index (χ3v) is 12.7. The van der Waals surface area contributed by atoms with E-state index in [4.69, 9.17) is 4.98 Å². The highest BCUT2D eigenvalue weighted by atomic mass is 19.4. The third-order valence-electron chi connectivity index (χ3n) is 12.7. The molecule has 53 heavy (non-hydrogen) atoms. The highest BCUT2D eigenvalue weighted by Gasteiger charge is 2.54. The van der Waals surface area contributed by atoms with Crippen molar-refractivity contribution in [2.45, 2.75) is 114 Å². The van der Waals surface area contributed by atoms with Gasteiger partial charge in [-0.15, -0.1) is 0 Å². The summed E-state index contributed by atoms with van der Waals surface area (Å²) in [6, 6.07) is -0.893. The van der Waals surface area contributed by atoms with Crippen molar-refractivity contribution in [3.05, 3.63) is 22.5 Å². The van der Waals surface area contributed by atoms with Gasteiger partial charge in [0.1, 0.15) is 11.6 Å². The minimum Gasteiger partial charge on any atom is -0.481 e. The van der Waals surface area contributed by atoms with Crippen molar-refractivity contribution in [1.29, 1.82) is 0 Å². The number of aliphatic carboxylic acids is 2. The molecule has 18 heteroatoms. The van der Waals surface area contributed by atoms with E-state index in [0.717, 1.165) is 6.42 Å². The van der Waals surface area contributed by atoms with Gasteiger partial charge in [-0.25, -0.2) is 9.97 Å². The molecule has 2 unspecified atom stereocenters. The Morgan fingerprint density at radius 3 is 1.92 bits per heavy atom. The fourth-order valence-corrected chi connectivity index (χ4v) is 9.71. The summed E-state index contributed by atoms with van der Waals surface area (Å²) in [7, 11) is 0. The lowest BCUT2D eigenvalue weighted by molar-refractivity contribution is -0.142. The van der Waals surface area contributed by atoms with Gasteiger partial charge in [-0.1, -0.05) is 0 Å². The lowest BCUT2D eigenvalue weighted by Crippen LogP contribution is -2.58. The van der Waals surface area contributed by atoms with E-state index in [9.17, 15) is 46.1 Å². The quantitative estimate of drug-likeness (QED) is 0.309. The summed E-state index contributed by atoms with van der Waals surface area (Å²) in [4.78, 5) is 47.3. The van der Waals surface area contributed by atoms with Crippen LogP contribution in [0, 0.1) is 17.8 Å². The first-order valence-corrected chi connectivity index (χ1v) is 18.4. The number of alkyl halides is 6. The average molecular weight is 753 g/mol. The number of rotatable bonds is 9. The topological polar surface area (TPSA) is 139 Å². The molecular weight excluding hydrogens is 710 g/mol. The summed E-state index contributed by atoms with van der Waals surface area (Å²) >= 11 is 0. The van der Waals surface area contributed by atoms with Crippen molar-refractivity contribution in [2.24, 2.45) is 17.8 Å². The predicted molar refractivity (Wildman–Crippen MR) is 179 cm³/mol. The Morgan fingerprint density at radius 1 is 0.698 bits per heavy atom. The molecule has 0 aromatic carbocycles. The largest absolute Gasteiger partial charge is 0.481 e. The van der Waals surface area contributed by atoms with Gasteiger partial charge in [0.05, 0.1) is 0 Å². The van der Waals surface area contributed by atoms with Crippen molar-refractivity contribution in [2.75, 3.05) is 45.8 Å². The van der Waals surface area contributed by atoms with E-state index in [0.29, 0.717) is 45.2 Å². The highest BCUT2D eigenvalue weighted by Crippen LogP contribution is 2.53. The van der Waals surface area contributed by atoms with Crippen LogP contribution in [0.5, 0.6) is 0 Å². The molecule has 0 radical (unpaired) electrons. The van der Waals surface area contributed by atoms with Gasteiger partial charge in [-0.2, -0.15) is 36.3 Å². The van der Waals surface area contributed by atoms with Crippen LogP contribution in [-0.4, -0.2) is 92.4 Å². The molecule has 6 heterocycles. The second-order valence-corrected chi connectivity index (χ2v) is 15.9. The number of carboxylic acid groups (broad SMARTS) is 2. The van der Waals surface area contributed by atoms with Gasteiger partial charge in [0.25, 0.3) is 0 Å². The maximum Gasteiger partial charge on any atom is 0.433 e. The molecule has 2 saturated carbocycles. The van der Waals surface area contributed by atoms with Crippen molar-refractivity contribution < 1.29 is 46.1 Å². The Kier molecular flexibility index (Phi) is 8.63. The fourth-order valence-electron chi connectivity index (χ4n) is 9.71. The van der Waals surface area contributed by atoms with Crippen molar-refractivity contribution in [3.63, 3.8) is 0 Å². The number of carboxylic acids is 2. The Hall–Kier alpha value is -4.12. The van der Waals surface area contributed by atoms with E-state index in [2.05, 4.69) is 15.0 Å². The number of nitrogens with zero attached hydrogens (tertiary/aromatic N) is 8. The van der Waals surface area contributed by atoms with Crippen molar-refractivity contribution in [1.82, 2.24) is 19.9 Å². The number of anilines is 4. The first kappa shape index (κ1) is 35.9. The van der Waals surface area contributed by atoms with Gasteiger partial charge in [0.15, 0.2) is 11.4 Å². The van der Waals surface area contributed by atoms with Crippen LogP contribution in [0.4, 0.5) is 49.9 Å². The van der Waals surface area contributed by atoms with Gasteiger partial charge in [-0.3, -0.25) is 9.59 Å². The Balaban J connectivity index is 1.10. The van der Waals surface area contributed by atoms with Gasteiger partial charge in [0, 0.05) is 86.2 Å². The van der Waals surface area contributed by atoms with Crippen molar-refractivity contribution in [3.8, 4) is 0 Å². The molecule has 2 aromatic rings. The summed E-state index contributed by atoms with van der Waals surface area (Å²) in [5.74, 6) is -2.83. The second-order valence-electron chi connectivity index (χ2n) is 15.9. The van der Waals surface area contributed by atoms with Crippen LogP contribution in [-0.2, 0) is 28.4 Å². The van der Waals surface area contributed by atoms with Crippen LogP contribution >= 0.6 is 0 Å². The molecule has 2 saturated heterocycles. The standard InChI is InChI=1S/C35H42F6N8O4/c1-16-5-7-46(16)32-43-29(35(39,40)41)27-24(15-49(31(27)45-32)21-10-19(11-21)13-26(52)53)23-14-48(17(23)2)33-42-28(34(36,37)38)22-6-8-47(30(22)44-33)20-4-3-18(9-20)12-25(50)51/h16-21,23-24H,3-15H2,1-2H3,(H,50,51)(H,52,53)/t16-,17-,18+,19?,20+,21?,23?,24?/m0/s1. The van der Waals surface area contributed by atoms with E-state index in [-0.39, 0.29) is 97.0 Å². The van der Waals surface area contributed by atoms with E-state index in [1.165, 1.54) is 0 Å². The average Bonchev–Trinajstić information content (AvgIpc) is 3.76. The monoisotopic (exact) mass is 752 g/mol. The second kappa shape index (κ2) is 12.7. The summed E-state index contributed by atoms with van der Waals surface area (Å²) in [6.45, 7) is 4.82. The van der Waals surface area contributed by atoms with Crippen LogP contribution in [0.25, 0.3) is 0 Å². The first-order chi connectivity index (χ1) is 25.0. The predicted octanol–water partition coefficient (Wildman–Crippen LogP) is 5.59.